The Balaban J connectivity index is 2.05. The molecule has 0 radical (unpaired) electrons. The molecule has 0 bridgehead atoms. The molecule has 0 fully saturated rings. The van der Waals surface area contributed by atoms with E-state index >= 15 is 0 Å². The normalized spacial score (nSPS) is 12.8. The maximum Gasteiger partial charge on any atom is 0.106 e. The molecule has 0 spiro atoms. The Bertz CT molecular complexity index is 490. The Labute approximate surface area is 114 Å². The zero-order chi connectivity index (χ0) is 13.7. The number of imidazole rings is 1. The second kappa shape index (κ2) is 6.48. The highest BCUT2D eigenvalue weighted by atomic mass is 14.9. The molecular weight excluding hydrogens is 236 g/mol. The van der Waals surface area contributed by atoms with Crippen LogP contribution in [-0.2, 0) is 6.42 Å². The van der Waals surface area contributed by atoms with E-state index in [1.54, 1.807) is 6.20 Å². The van der Waals surface area contributed by atoms with Gasteiger partial charge in [0.05, 0.1) is 17.6 Å². The van der Waals surface area contributed by atoms with Gasteiger partial charge in [0.1, 0.15) is 5.82 Å². The second-order valence-electron chi connectivity index (χ2n) is 5.39. The van der Waals surface area contributed by atoms with Gasteiger partial charge in [0, 0.05) is 12.6 Å². The van der Waals surface area contributed by atoms with Crippen molar-refractivity contribution in [3.8, 4) is 11.4 Å². The minimum absolute atomic E-state index is 0.489. The largest absolute Gasteiger partial charge is 0.341 e. The molecule has 0 saturated carbocycles. The minimum Gasteiger partial charge on any atom is -0.341 e. The first-order chi connectivity index (χ1) is 9.19. The lowest BCUT2D eigenvalue weighted by Gasteiger charge is -2.15. The molecule has 1 atom stereocenters. The summed E-state index contributed by atoms with van der Waals surface area (Å²) in [5.41, 5.74) is 7.73. The summed E-state index contributed by atoms with van der Waals surface area (Å²) in [5.74, 6) is 2.15. The third kappa shape index (κ3) is 3.89. The van der Waals surface area contributed by atoms with Gasteiger partial charge in [0.2, 0.25) is 0 Å². The van der Waals surface area contributed by atoms with Gasteiger partial charge in [-0.15, -0.1) is 0 Å². The molecule has 0 aliphatic rings. The minimum atomic E-state index is 0.489. The van der Waals surface area contributed by atoms with Crippen LogP contribution in [0, 0.1) is 11.8 Å². The van der Waals surface area contributed by atoms with Gasteiger partial charge in [0.25, 0.3) is 0 Å². The number of nitrogens with zero attached hydrogens (tertiary/aromatic N) is 2. The zero-order valence-corrected chi connectivity index (χ0v) is 11.6. The topological polar surface area (TPSA) is 67.6 Å². The van der Waals surface area contributed by atoms with E-state index in [2.05, 4.69) is 28.8 Å². The van der Waals surface area contributed by atoms with Crippen molar-refractivity contribution in [3.63, 3.8) is 0 Å². The molecular formula is C15H22N4. The molecule has 0 aliphatic carbocycles. The lowest BCUT2D eigenvalue weighted by Crippen LogP contribution is -2.19. The number of nitrogens with two attached hydrogens (primary N) is 1. The number of pyridine rings is 1. The van der Waals surface area contributed by atoms with Crippen LogP contribution in [0.2, 0.25) is 0 Å². The zero-order valence-electron chi connectivity index (χ0n) is 11.6. The summed E-state index contributed by atoms with van der Waals surface area (Å²) >= 11 is 0. The molecule has 0 amide bonds. The molecule has 1 unspecified atom stereocenters. The summed E-state index contributed by atoms with van der Waals surface area (Å²) in [4.78, 5) is 12.1. The number of nitrogens with one attached hydrogen (secondary N) is 1. The number of hydrogen-bond donors (Lipinski definition) is 2. The van der Waals surface area contributed by atoms with Crippen LogP contribution in [0.4, 0.5) is 0 Å². The van der Waals surface area contributed by atoms with Crippen molar-refractivity contribution in [3.05, 3.63) is 36.4 Å². The number of aromatic nitrogens is 3. The Morgan fingerprint density at radius 1 is 1.26 bits per heavy atom. The number of aromatic amines is 1. The predicted molar refractivity (Wildman–Crippen MR) is 77.5 cm³/mol. The van der Waals surface area contributed by atoms with Crippen LogP contribution < -0.4 is 5.73 Å². The maximum atomic E-state index is 5.83. The third-order valence-electron chi connectivity index (χ3n) is 3.19. The van der Waals surface area contributed by atoms with E-state index in [0.717, 1.165) is 30.1 Å². The molecule has 19 heavy (non-hydrogen) atoms. The fourth-order valence-corrected chi connectivity index (χ4v) is 2.32. The van der Waals surface area contributed by atoms with Gasteiger partial charge in [-0.2, -0.15) is 0 Å². The second-order valence-corrected chi connectivity index (χ2v) is 5.39. The van der Waals surface area contributed by atoms with Crippen molar-refractivity contribution < 1.29 is 0 Å². The summed E-state index contributed by atoms with van der Waals surface area (Å²) < 4.78 is 0. The molecule has 3 N–H and O–H groups in total. The highest BCUT2D eigenvalue weighted by Crippen LogP contribution is 2.18. The average molecular weight is 258 g/mol. The molecule has 2 rings (SSSR count). The van der Waals surface area contributed by atoms with E-state index in [1.807, 2.05) is 24.4 Å². The van der Waals surface area contributed by atoms with Crippen molar-refractivity contribution in [1.82, 2.24) is 15.0 Å². The van der Waals surface area contributed by atoms with Crippen LogP contribution in [0.3, 0.4) is 0 Å². The van der Waals surface area contributed by atoms with Crippen molar-refractivity contribution >= 4 is 0 Å². The lowest BCUT2D eigenvalue weighted by molar-refractivity contribution is 0.409. The van der Waals surface area contributed by atoms with Gasteiger partial charge in [-0.1, -0.05) is 19.9 Å². The Morgan fingerprint density at radius 2 is 2.11 bits per heavy atom. The molecule has 2 aromatic heterocycles. The number of hydrogen-bond acceptors (Lipinski definition) is 3. The first-order valence-electron chi connectivity index (χ1n) is 6.84. The van der Waals surface area contributed by atoms with E-state index in [0.29, 0.717) is 18.4 Å². The van der Waals surface area contributed by atoms with Crippen LogP contribution in [0.5, 0.6) is 0 Å². The number of H-pyrrole nitrogens is 1. The molecule has 0 aliphatic heterocycles. The summed E-state index contributed by atoms with van der Waals surface area (Å²) in [6.45, 7) is 5.16. The van der Waals surface area contributed by atoms with E-state index in [1.165, 1.54) is 0 Å². The van der Waals surface area contributed by atoms with Crippen molar-refractivity contribution in [2.75, 3.05) is 6.54 Å². The smallest absolute Gasteiger partial charge is 0.106 e. The Morgan fingerprint density at radius 3 is 2.74 bits per heavy atom. The van der Waals surface area contributed by atoms with Gasteiger partial charge in [0.15, 0.2) is 0 Å². The number of rotatable bonds is 6. The molecule has 0 aromatic carbocycles. The van der Waals surface area contributed by atoms with Crippen LogP contribution >= 0.6 is 0 Å². The van der Waals surface area contributed by atoms with Crippen molar-refractivity contribution in [2.45, 2.75) is 26.7 Å². The summed E-state index contributed by atoms with van der Waals surface area (Å²) in [7, 11) is 0. The third-order valence-corrected chi connectivity index (χ3v) is 3.19. The molecule has 102 valence electrons. The average Bonchev–Trinajstić information content (AvgIpc) is 2.87. The van der Waals surface area contributed by atoms with Crippen LogP contribution in [-0.4, -0.2) is 21.5 Å². The highest BCUT2D eigenvalue weighted by Gasteiger charge is 2.12. The maximum absolute atomic E-state index is 5.83. The van der Waals surface area contributed by atoms with Gasteiger partial charge in [-0.05, 0) is 36.9 Å². The first-order valence-corrected chi connectivity index (χ1v) is 6.84. The molecule has 2 aromatic rings. The van der Waals surface area contributed by atoms with Crippen molar-refractivity contribution in [1.29, 1.82) is 0 Å². The summed E-state index contributed by atoms with van der Waals surface area (Å²) in [6.07, 6.45) is 5.68. The fraction of sp³-hybridized carbons (Fsp3) is 0.467. The van der Waals surface area contributed by atoms with Crippen LogP contribution in [0.1, 0.15) is 26.1 Å². The molecule has 0 saturated heterocycles. The molecule has 2 heterocycles. The highest BCUT2D eigenvalue weighted by molar-refractivity contribution is 5.52. The Kier molecular flexibility index (Phi) is 4.68. The first kappa shape index (κ1) is 13.7. The standard InChI is InChI=1S/C15H22N4/c1-11(2)7-12(9-16)8-15-18-10-14(19-15)13-5-3-4-6-17-13/h3-6,10-12H,7-9,16H2,1-2H3,(H,18,19). The molecule has 4 heteroatoms. The Hall–Kier alpha value is -1.68. The lowest BCUT2D eigenvalue weighted by atomic mass is 9.94. The van der Waals surface area contributed by atoms with Crippen LogP contribution in [0.25, 0.3) is 11.4 Å². The fourth-order valence-electron chi connectivity index (χ4n) is 2.32. The van der Waals surface area contributed by atoms with E-state index in [4.69, 9.17) is 5.73 Å². The van der Waals surface area contributed by atoms with E-state index in [9.17, 15) is 0 Å². The van der Waals surface area contributed by atoms with Crippen molar-refractivity contribution in [2.24, 2.45) is 17.6 Å². The van der Waals surface area contributed by atoms with Crippen LogP contribution in [0.15, 0.2) is 30.6 Å². The molecule has 4 nitrogen and oxygen atoms in total. The van der Waals surface area contributed by atoms with Gasteiger partial charge < -0.3 is 10.7 Å². The summed E-state index contributed by atoms with van der Waals surface area (Å²) in [6, 6.07) is 5.87. The quantitative estimate of drug-likeness (QED) is 0.837. The van der Waals surface area contributed by atoms with Gasteiger partial charge in [-0.25, -0.2) is 4.98 Å². The SMILES string of the molecule is CC(C)CC(CN)Cc1ncc(-c2ccccn2)[nH]1. The summed E-state index contributed by atoms with van der Waals surface area (Å²) in [5, 5.41) is 0. The van der Waals surface area contributed by atoms with Gasteiger partial charge in [-0.3, -0.25) is 4.98 Å². The predicted octanol–water partition coefficient (Wildman–Crippen LogP) is 2.64. The van der Waals surface area contributed by atoms with E-state index < -0.39 is 0 Å². The monoisotopic (exact) mass is 258 g/mol. The van der Waals surface area contributed by atoms with E-state index in [-0.39, 0.29) is 0 Å². The van der Waals surface area contributed by atoms with Gasteiger partial charge >= 0.3 is 0 Å².